The standard InChI is InChI=1S/C3H3NO/c1-2-5-3-4-1/h4H,3H2. The van der Waals surface area contributed by atoms with Crippen LogP contribution < -0.4 is 5.32 Å². The molecule has 0 fully saturated rings. The molecule has 0 saturated carbocycles. The van der Waals surface area contributed by atoms with Crippen LogP contribution >= 0.6 is 0 Å². The molecule has 1 aliphatic rings. The summed E-state index contributed by atoms with van der Waals surface area (Å²) in [4.78, 5) is 0. The van der Waals surface area contributed by atoms with Crippen LogP contribution in [0.1, 0.15) is 0 Å². The lowest BCUT2D eigenvalue weighted by Crippen LogP contribution is -2.00. The summed E-state index contributed by atoms with van der Waals surface area (Å²) < 4.78 is 4.47. The van der Waals surface area contributed by atoms with Gasteiger partial charge in [0, 0.05) is 0 Å². The number of ether oxygens (including phenoxy) is 1. The quantitative estimate of drug-likeness (QED) is 0.386. The lowest BCUT2D eigenvalue weighted by molar-refractivity contribution is 0.287. The highest BCUT2D eigenvalue weighted by Crippen LogP contribution is 1.67. The summed E-state index contributed by atoms with van der Waals surface area (Å²) in [5.41, 5.74) is 0. The summed E-state index contributed by atoms with van der Waals surface area (Å²) >= 11 is 0. The molecule has 0 atom stereocenters. The maximum absolute atomic E-state index is 4.47. The van der Waals surface area contributed by atoms with Gasteiger partial charge in [0.2, 0.25) is 0 Å². The van der Waals surface area contributed by atoms with E-state index in [1.807, 2.05) is 0 Å². The average Bonchev–Trinajstić information content (AvgIpc) is 1.76. The number of hydrogen-bond donors (Lipinski definition) is 1. The van der Waals surface area contributed by atoms with E-state index >= 15 is 0 Å². The molecule has 1 heterocycles. The Balaban J connectivity index is 2.42. The van der Waals surface area contributed by atoms with Gasteiger partial charge in [-0.2, -0.15) is 0 Å². The zero-order valence-corrected chi connectivity index (χ0v) is 2.62. The van der Waals surface area contributed by atoms with Crippen LogP contribution in [0.3, 0.4) is 0 Å². The van der Waals surface area contributed by atoms with Gasteiger partial charge in [-0.1, -0.05) is 0 Å². The molecule has 0 aromatic rings. The van der Waals surface area contributed by atoms with Crippen molar-refractivity contribution < 1.29 is 4.74 Å². The van der Waals surface area contributed by atoms with Gasteiger partial charge in [-0.05, 0) is 0 Å². The molecule has 0 unspecified atom stereocenters. The molecule has 0 saturated heterocycles. The summed E-state index contributed by atoms with van der Waals surface area (Å²) in [6, 6.07) is 2.50. The molecular weight excluding hydrogens is 66.0 g/mol. The molecular formula is C3H3NO. The second-order valence-electron chi connectivity index (χ2n) is 0.693. The molecule has 1 N–H and O–H groups in total. The van der Waals surface area contributed by atoms with Crippen molar-refractivity contribution in [3.8, 4) is 12.2 Å². The predicted molar refractivity (Wildman–Crippen MR) is 16.9 cm³/mol. The molecule has 0 amide bonds. The zero-order valence-electron chi connectivity index (χ0n) is 2.62. The normalized spacial score (nSPS) is 14.4. The molecule has 1 aliphatic heterocycles. The first kappa shape index (κ1) is 2.40. The monoisotopic (exact) mass is 69.0 g/mol. The average molecular weight is 69.1 g/mol. The van der Waals surface area contributed by atoms with E-state index in [9.17, 15) is 0 Å². The smallest absolute Gasteiger partial charge is 0.177 e. The summed E-state index contributed by atoms with van der Waals surface area (Å²) in [7, 11) is 0. The molecule has 5 heavy (non-hydrogen) atoms. The van der Waals surface area contributed by atoms with E-state index in [0.29, 0.717) is 6.73 Å². The van der Waals surface area contributed by atoms with Gasteiger partial charge in [-0.3, -0.25) is 0 Å². The molecule has 0 aliphatic carbocycles. The minimum absolute atomic E-state index is 0.528. The second-order valence-corrected chi connectivity index (χ2v) is 0.693. The Morgan fingerprint density at radius 2 is 2.80 bits per heavy atom. The van der Waals surface area contributed by atoms with Gasteiger partial charge in [0.15, 0.2) is 6.73 Å². The maximum atomic E-state index is 4.47. The van der Waals surface area contributed by atoms with Crippen molar-refractivity contribution in [3.05, 3.63) is 0 Å². The zero-order chi connectivity index (χ0) is 3.54. The van der Waals surface area contributed by atoms with Crippen molar-refractivity contribution in [2.45, 2.75) is 0 Å². The highest BCUT2D eigenvalue weighted by atomic mass is 16.5. The summed E-state index contributed by atoms with van der Waals surface area (Å²) in [6.45, 7) is 0.528. The van der Waals surface area contributed by atoms with Crippen molar-refractivity contribution in [1.82, 2.24) is 5.32 Å². The minimum Gasteiger partial charge on any atom is -0.423 e. The molecule has 1 rings (SSSR count). The highest BCUT2D eigenvalue weighted by Gasteiger charge is 1.78. The molecule has 0 radical (unpaired) electrons. The topological polar surface area (TPSA) is 21.3 Å². The molecule has 0 bridgehead atoms. The largest absolute Gasteiger partial charge is 0.423 e. The van der Waals surface area contributed by atoms with Crippen molar-refractivity contribution in [2.24, 2.45) is 0 Å². The Morgan fingerprint density at radius 1 is 1.80 bits per heavy atom. The van der Waals surface area contributed by atoms with Gasteiger partial charge in [-0.15, -0.1) is 0 Å². The SMILES string of the molecule is C1#COCN1. The van der Waals surface area contributed by atoms with Crippen LogP contribution in [-0.4, -0.2) is 6.73 Å². The first-order valence-electron chi connectivity index (χ1n) is 1.35. The lowest BCUT2D eigenvalue weighted by atomic mass is 11.1. The Hall–Kier alpha value is -0.840. The van der Waals surface area contributed by atoms with Gasteiger partial charge >= 0.3 is 0 Å². The van der Waals surface area contributed by atoms with Crippen LogP contribution in [0.4, 0.5) is 0 Å². The Morgan fingerprint density at radius 3 is 3.00 bits per heavy atom. The van der Waals surface area contributed by atoms with Crippen molar-refractivity contribution in [2.75, 3.05) is 6.73 Å². The third-order valence-corrected chi connectivity index (χ3v) is 0.356. The summed E-state index contributed by atoms with van der Waals surface area (Å²) in [5, 5.41) is 2.64. The van der Waals surface area contributed by atoms with Crippen LogP contribution in [0.15, 0.2) is 0 Å². The van der Waals surface area contributed by atoms with E-state index in [1.54, 1.807) is 0 Å². The minimum atomic E-state index is 0.528. The summed E-state index contributed by atoms with van der Waals surface area (Å²) in [6.07, 6.45) is 2.36. The van der Waals surface area contributed by atoms with E-state index in [1.165, 1.54) is 0 Å². The summed E-state index contributed by atoms with van der Waals surface area (Å²) in [5.74, 6) is 0. The van der Waals surface area contributed by atoms with Crippen molar-refractivity contribution in [1.29, 1.82) is 0 Å². The van der Waals surface area contributed by atoms with Crippen molar-refractivity contribution >= 4 is 0 Å². The molecule has 0 aromatic heterocycles. The number of rotatable bonds is 0. The van der Waals surface area contributed by atoms with Crippen LogP contribution in [0.2, 0.25) is 0 Å². The van der Waals surface area contributed by atoms with Gasteiger partial charge in [0.25, 0.3) is 0 Å². The number of hydrogen-bond acceptors (Lipinski definition) is 2. The maximum Gasteiger partial charge on any atom is 0.177 e. The second kappa shape index (κ2) is 0.852. The third-order valence-electron chi connectivity index (χ3n) is 0.356. The Labute approximate surface area is 30.1 Å². The Bertz CT molecular complexity index is 70.6. The molecule has 2 heteroatoms. The van der Waals surface area contributed by atoms with Crippen molar-refractivity contribution in [3.63, 3.8) is 0 Å². The molecule has 0 aromatic carbocycles. The van der Waals surface area contributed by atoms with E-state index in [0.717, 1.165) is 0 Å². The molecule has 2 nitrogen and oxygen atoms in total. The Kier molecular flexibility index (Phi) is 0.409. The fourth-order valence-corrected chi connectivity index (χ4v) is 0.180. The predicted octanol–water partition coefficient (Wildman–Crippen LogP) is -0.518. The first-order valence-corrected chi connectivity index (χ1v) is 1.35. The number of nitrogens with one attached hydrogen (secondary N) is 1. The fraction of sp³-hybridized carbons (Fsp3) is 0.333. The van der Waals surface area contributed by atoms with Gasteiger partial charge in [0.05, 0.1) is 6.04 Å². The lowest BCUT2D eigenvalue weighted by Gasteiger charge is -1.79. The van der Waals surface area contributed by atoms with Gasteiger partial charge in [-0.25, -0.2) is 0 Å². The highest BCUT2D eigenvalue weighted by molar-refractivity contribution is 4.91. The van der Waals surface area contributed by atoms with E-state index in [2.05, 4.69) is 22.2 Å². The van der Waals surface area contributed by atoms with Crippen LogP contribution in [-0.2, 0) is 4.74 Å². The first-order chi connectivity index (χ1) is 2.50. The van der Waals surface area contributed by atoms with Gasteiger partial charge < -0.3 is 10.1 Å². The third kappa shape index (κ3) is 0.246. The van der Waals surface area contributed by atoms with Crippen LogP contribution in [0.25, 0.3) is 0 Å². The van der Waals surface area contributed by atoms with Gasteiger partial charge in [0.1, 0.15) is 6.11 Å². The van der Waals surface area contributed by atoms with E-state index < -0.39 is 0 Å². The fourth-order valence-electron chi connectivity index (χ4n) is 0.180. The van der Waals surface area contributed by atoms with Crippen LogP contribution in [0.5, 0.6) is 0 Å². The van der Waals surface area contributed by atoms with E-state index in [4.69, 9.17) is 0 Å². The van der Waals surface area contributed by atoms with E-state index in [-0.39, 0.29) is 0 Å². The molecule has 26 valence electrons. The van der Waals surface area contributed by atoms with Crippen LogP contribution in [0, 0.1) is 12.2 Å². The molecule has 0 spiro atoms.